The van der Waals surface area contributed by atoms with Gasteiger partial charge in [0.15, 0.2) is 18.0 Å². The molecular weight excluding hydrogens is 394 g/mol. The lowest BCUT2D eigenvalue weighted by atomic mass is 10.1. The number of piperazine rings is 1. The van der Waals surface area contributed by atoms with E-state index in [9.17, 15) is 4.79 Å². The Balaban J connectivity index is 1.47. The number of rotatable bonds is 9. The van der Waals surface area contributed by atoms with Gasteiger partial charge in [0, 0.05) is 11.3 Å². The third-order valence-corrected chi connectivity index (χ3v) is 5.81. The molecule has 0 saturated carbocycles. The summed E-state index contributed by atoms with van der Waals surface area (Å²) in [4.78, 5) is 15.3. The number of benzene rings is 2. The summed E-state index contributed by atoms with van der Waals surface area (Å²) in [6.45, 7) is 10.2. The van der Waals surface area contributed by atoms with Crippen LogP contribution >= 0.6 is 0 Å². The number of ether oxygens (including phenoxy) is 3. The van der Waals surface area contributed by atoms with Gasteiger partial charge in [-0.1, -0.05) is 0 Å². The van der Waals surface area contributed by atoms with Gasteiger partial charge in [-0.15, -0.1) is 0 Å². The second-order valence-electron chi connectivity index (χ2n) is 7.99. The zero-order chi connectivity index (χ0) is 22.2. The van der Waals surface area contributed by atoms with Crippen LogP contribution in [0.15, 0.2) is 36.4 Å². The van der Waals surface area contributed by atoms with Crippen molar-refractivity contribution in [1.29, 1.82) is 0 Å². The number of nitrogens with one attached hydrogen (secondary N) is 3. The fraction of sp³-hybridized carbons (Fsp3) is 0.458. The summed E-state index contributed by atoms with van der Waals surface area (Å²) in [6, 6.07) is 11.6. The average Bonchev–Trinajstić information content (AvgIpc) is 2.77. The van der Waals surface area contributed by atoms with Crippen molar-refractivity contribution in [2.75, 3.05) is 58.9 Å². The highest BCUT2D eigenvalue weighted by Gasteiger charge is 2.25. The van der Waals surface area contributed by atoms with Crippen LogP contribution in [0.5, 0.6) is 17.2 Å². The molecule has 2 aromatic rings. The molecule has 7 heteroatoms. The lowest BCUT2D eigenvalue weighted by Crippen LogP contribution is -3.28. The molecule has 0 bridgehead atoms. The number of methoxy groups -OCH3 is 2. The Labute approximate surface area is 184 Å². The van der Waals surface area contributed by atoms with E-state index in [0.717, 1.165) is 55.7 Å². The number of anilines is 1. The number of amides is 1. The Kier molecular flexibility index (Phi) is 8.14. The van der Waals surface area contributed by atoms with Crippen LogP contribution in [-0.4, -0.2) is 59.5 Å². The summed E-state index contributed by atoms with van der Waals surface area (Å²) in [5.41, 5.74) is 3.31. The van der Waals surface area contributed by atoms with Crippen LogP contribution in [0, 0.1) is 6.92 Å². The van der Waals surface area contributed by atoms with E-state index >= 15 is 0 Å². The molecule has 0 aliphatic carbocycles. The minimum atomic E-state index is 0.0540. The summed E-state index contributed by atoms with van der Waals surface area (Å²) < 4.78 is 16.3. The molecule has 0 aromatic heterocycles. The first-order chi connectivity index (χ1) is 15.0. The summed E-state index contributed by atoms with van der Waals surface area (Å²) in [6.07, 6.45) is 0. The maximum atomic E-state index is 12.4. The SMILES string of the molecule is CCOc1ccc(NC(=O)C[NH+]2CC[NH+](Cc3cc(OC)c(OC)cc3C)CC2)cc1. The Morgan fingerprint density at radius 3 is 2.19 bits per heavy atom. The van der Waals surface area contributed by atoms with Crippen molar-refractivity contribution in [2.45, 2.75) is 20.4 Å². The summed E-state index contributed by atoms with van der Waals surface area (Å²) in [5.74, 6) is 2.41. The molecule has 0 unspecified atom stereocenters. The van der Waals surface area contributed by atoms with Crippen LogP contribution in [0.3, 0.4) is 0 Å². The van der Waals surface area contributed by atoms with Crippen molar-refractivity contribution in [3.8, 4) is 17.2 Å². The third kappa shape index (κ3) is 6.35. The maximum absolute atomic E-state index is 12.4. The number of hydrogen-bond donors (Lipinski definition) is 3. The Bertz CT molecular complexity index is 862. The summed E-state index contributed by atoms with van der Waals surface area (Å²) in [7, 11) is 3.33. The highest BCUT2D eigenvalue weighted by Crippen LogP contribution is 2.29. The van der Waals surface area contributed by atoms with Gasteiger partial charge in [0.25, 0.3) is 5.91 Å². The van der Waals surface area contributed by atoms with Crippen molar-refractivity contribution >= 4 is 11.6 Å². The number of quaternary nitrogens is 2. The predicted molar refractivity (Wildman–Crippen MR) is 120 cm³/mol. The first-order valence-corrected chi connectivity index (χ1v) is 10.9. The molecule has 1 heterocycles. The number of carbonyl (C=O) groups is 1. The van der Waals surface area contributed by atoms with E-state index in [4.69, 9.17) is 14.2 Å². The Morgan fingerprint density at radius 1 is 0.968 bits per heavy atom. The number of carbonyl (C=O) groups excluding carboxylic acids is 1. The van der Waals surface area contributed by atoms with Gasteiger partial charge in [-0.25, -0.2) is 0 Å². The van der Waals surface area contributed by atoms with E-state index in [1.54, 1.807) is 14.2 Å². The monoisotopic (exact) mass is 429 g/mol. The second-order valence-corrected chi connectivity index (χ2v) is 7.99. The fourth-order valence-corrected chi connectivity index (χ4v) is 4.03. The predicted octanol–water partition coefficient (Wildman–Crippen LogP) is 0.333. The standard InChI is InChI=1S/C24H33N3O4/c1-5-31-21-8-6-20(7-9-21)25-24(28)17-27-12-10-26(11-13-27)16-19-15-23(30-4)22(29-3)14-18(19)2/h6-9,14-15H,5,10-13,16-17H2,1-4H3,(H,25,28)/p+2. The van der Waals surface area contributed by atoms with Gasteiger partial charge in [-0.05, 0) is 55.8 Å². The zero-order valence-corrected chi connectivity index (χ0v) is 19.0. The molecule has 1 aliphatic rings. The minimum absolute atomic E-state index is 0.0540. The molecule has 2 aromatic carbocycles. The Hall–Kier alpha value is -2.77. The van der Waals surface area contributed by atoms with Gasteiger partial charge in [-0.3, -0.25) is 4.79 Å². The molecule has 1 amide bonds. The number of hydrogen-bond acceptors (Lipinski definition) is 4. The minimum Gasteiger partial charge on any atom is -0.494 e. The van der Waals surface area contributed by atoms with Crippen LogP contribution in [0.2, 0.25) is 0 Å². The highest BCUT2D eigenvalue weighted by atomic mass is 16.5. The van der Waals surface area contributed by atoms with Crippen LogP contribution in [0.1, 0.15) is 18.1 Å². The van der Waals surface area contributed by atoms with Gasteiger partial charge >= 0.3 is 0 Å². The molecule has 1 saturated heterocycles. The van der Waals surface area contributed by atoms with Crippen molar-refractivity contribution < 1.29 is 28.8 Å². The van der Waals surface area contributed by atoms with Crippen LogP contribution in [-0.2, 0) is 11.3 Å². The molecule has 0 spiro atoms. The number of aryl methyl sites for hydroxylation is 1. The van der Waals surface area contributed by atoms with E-state index < -0.39 is 0 Å². The first-order valence-electron chi connectivity index (χ1n) is 10.9. The second kappa shape index (κ2) is 11.0. The van der Waals surface area contributed by atoms with E-state index in [0.29, 0.717) is 13.2 Å². The molecule has 7 nitrogen and oxygen atoms in total. The van der Waals surface area contributed by atoms with Crippen LogP contribution < -0.4 is 29.3 Å². The molecule has 3 N–H and O–H groups in total. The fourth-order valence-electron chi connectivity index (χ4n) is 4.03. The first kappa shape index (κ1) is 22.9. The van der Waals surface area contributed by atoms with Crippen molar-refractivity contribution in [2.24, 2.45) is 0 Å². The third-order valence-electron chi connectivity index (χ3n) is 5.81. The van der Waals surface area contributed by atoms with E-state index in [1.165, 1.54) is 20.9 Å². The molecular formula is C24H35N3O4+2. The van der Waals surface area contributed by atoms with E-state index in [1.807, 2.05) is 37.3 Å². The van der Waals surface area contributed by atoms with E-state index in [-0.39, 0.29) is 5.91 Å². The smallest absolute Gasteiger partial charge is 0.279 e. The molecule has 31 heavy (non-hydrogen) atoms. The molecule has 1 fully saturated rings. The highest BCUT2D eigenvalue weighted by molar-refractivity contribution is 5.91. The lowest BCUT2D eigenvalue weighted by Gasteiger charge is -2.29. The maximum Gasteiger partial charge on any atom is 0.279 e. The van der Waals surface area contributed by atoms with Gasteiger partial charge < -0.3 is 29.3 Å². The van der Waals surface area contributed by atoms with Crippen LogP contribution in [0.25, 0.3) is 0 Å². The van der Waals surface area contributed by atoms with Crippen molar-refractivity contribution in [3.63, 3.8) is 0 Å². The van der Waals surface area contributed by atoms with Gasteiger partial charge in [0.2, 0.25) is 0 Å². The quantitative estimate of drug-likeness (QED) is 0.538. The van der Waals surface area contributed by atoms with Crippen LogP contribution in [0.4, 0.5) is 5.69 Å². The van der Waals surface area contributed by atoms with Crippen molar-refractivity contribution in [3.05, 3.63) is 47.5 Å². The van der Waals surface area contributed by atoms with Gasteiger partial charge in [0.1, 0.15) is 38.5 Å². The molecule has 0 atom stereocenters. The molecule has 168 valence electrons. The molecule has 1 aliphatic heterocycles. The zero-order valence-electron chi connectivity index (χ0n) is 19.0. The van der Waals surface area contributed by atoms with Gasteiger partial charge in [0.05, 0.1) is 20.8 Å². The topological polar surface area (TPSA) is 65.7 Å². The largest absolute Gasteiger partial charge is 0.494 e. The normalized spacial score (nSPS) is 18.3. The van der Waals surface area contributed by atoms with E-state index in [2.05, 4.69) is 18.3 Å². The average molecular weight is 430 g/mol. The van der Waals surface area contributed by atoms with Crippen molar-refractivity contribution in [1.82, 2.24) is 0 Å². The van der Waals surface area contributed by atoms with Gasteiger partial charge in [-0.2, -0.15) is 0 Å². The lowest BCUT2D eigenvalue weighted by molar-refractivity contribution is -1.02. The molecule has 3 rings (SSSR count). The molecule has 0 radical (unpaired) electrons. The Morgan fingerprint density at radius 2 is 1.58 bits per heavy atom. The summed E-state index contributed by atoms with van der Waals surface area (Å²) in [5, 5.41) is 2.99. The summed E-state index contributed by atoms with van der Waals surface area (Å²) >= 11 is 0.